The number of carbonyl (C=O) groups excluding carboxylic acids is 1. The Bertz CT molecular complexity index is 512. The highest BCUT2D eigenvalue weighted by Gasteiger charge is 2.40. The summed E-state index contributed by atoms with van der Waals surface area (Å²) in [6.45, 7) is 1.10. The lowest BCUT2D eigenvalue weighted by Gasteiger charge is -2.33. The lowest BCUT2D eigenvalue weighted by molar-refractivity contribution is -0.153. The number of nitrogens with zero attached hydrogens (tertiary/aromatic N) is 1. The van der Waals surface area contributed by atoms with E-state index in [0.29, 0.717) is 37.4 Å². The molecular weight excluding hydrogens is 262 g/mol. The molecule has 20 heavy (non-hydrogen) atoms. The number of hydrogen-bond acceptors (Lipinski definition) is 5. The number of pyridine rings is 1. The Morgan fingerprint density at radius 1 is 1.45 bits per heavy atom. The lowest BCUT2D eigenvalue weighted by atomic mass is 9.80. The third-order valence-electron chi connectivity index (χ3n) is 3.56. The molecule has 2 heterocycles. The van der Waals surface area contributed by atoms with Crippen molar-refractivity contribution in [1.29, 1.82) is 0 Å². The van der Waals surface area contributed by atoms with Gasteiger partial charge in [0.25, 0.3) is 0 Å². The van der Waals surface area contributed by atoms with E-state index in [2.05, 4.69) is 10.3 Å². The van der Waals surface area contributed by atoms with E-state index in [9.17, 15) is 14.7 Å². The number of hydrogen-bond donors (Lipinski definition) is 3. The average molecular weight is 279 g/mol. The van der Waals surface area contributed by atoms with Crippen LogP contribution in [0.15, 0.2) is 18.3 Å². The summed E-state index contributed by atoms with van der Waals surface area (Å²) in [4.78, 5) is 26.6. The predicted molar refractivity (Wildman–Crippen MR) is 71.4 cm³/mol. The molecule has 0 radical (unpaired) electrons. The van der Waals surface area contributed by atoms with Gasteiger partial charge in [-0.2, -0.15) is 0 Å². The minimum Gasteiger partial charge on any atom is -0.481 e. The Labute approximate surface area is 116 Å². The van der Waals surface area contributed by atoms with Gasteiger partial charge in [0.15, 0.2) is 0 Å². The van der Waals surface area contributed by atoms with Crippen molar-refractivity contribution in [1.82, 2.24) is 4.98 Å². The minimum absolute atomic E-state index is 0.237. The van der Waals surface area contributed by atoms with Crippen LogP contribution in [0.3, 0.4) is 0 Å². The fourth-order valence-electron chi connectivity index (χ4n) is 2.17. The molecule has 4 N–H and O–H groups in total. The minimum atomic E-state index is -0.858. The van der Waals surface area contributed by atoms with Gasteiger partial charge in [-0.05, 0) is 25.0 Å². The number of rotatable bonds is 5. The number of aromatic nitrogens is 1. The number of primary amides is 1. The molecule has 7 heteroatoms. The number of aliphatic carboxylic acids is 1. The summed E-state index contributed by atoms with van der Waals surface area (Å²) < 4.78 is 5.21. The molecule has 1 aliphatic rings. The van der Waals surface area contributed by atoms with E-state index in [1.165, 1.54) is 18.3 Å². The molecule has 0 bridgehead atoms. The predicted octanol–water partition coefficient (Wildman–Crippen LogP) is 0.474. The summed E-state index contributed by atoms with van der Waals surface area (Å²) in [6.07, 6.45) is 2.36. The van der Waals surface area contributed by atoms with Crippen LogP contribution in [0, 0.1) is 5.41 Å². The third kappa shape index (κ3) is 3.05. The third-order valence-corrected chi connectivity index (χ3v) is 3.56. The summed E-state index contributed by atoms with van der Waals surface area (Å²) in [7, 11) is 0. The maximum absolute atomic E-state index is 11.5. The second-order valence-corrected chi connectivity index (χ2v) is 4.85. The van der Waals surface area contributed by atoms with Crippen LogP contribution in [0.1, 0.15) is 23.2 Å². The van der Waals surface area contributed by atoms with Crippen LogP contribution in [0.5, 0.6) is 0 Å². The summed E-state index contributed by atoms with van der Waals surface area (Å²) in [5, 5.41) is 12.4. The second kappa shape index (κ2) is 5.87. The largest absolute Gasteiger partial charge is 0.481 e. The molecule has 0 unspecified atom stereocenters. The highest BCUT2D eigenvalue weighted by molar-refractivity contribution is 5.93. The summed E-state index contributed by atoms with van der Waals surface area (Å²) in [5.74, 6) is -0.956. The van der Waals surface area contributed by atoms with E-state index in [1.54, 1.807) is 0 Å². The maximum Gasteiger partial charge on any atom is 0.311 e. The standard InChI is InChI=1S/C13H17N3O4/c14-11(17)9-1-4-15-10(7-9)16-8-13(12(18)19)2-5-20-6-3-13/h1,4,7H,2-3,5-6,8H2,(H2,14,17)(H,15,16)(H,18,19). The molecule has 1 aliphatic heterocycles. The van der Waals surface area contributed by atoms with Crippen molar-refractivity contribution in [2.45, 2.75) is 12.8 Å². The summed E-state index contributed by atoms with van der Waals surface area (Å²) in [5.41, 5.74) is 4.66. The number of ether oxygens (including phenoxy) is 1. The van der Waals surface area contributed by atoms with Crippen LogP contribution < -0.4 is 11.1 Å². The first-order valence-corrected chi connectivity index (χ1v) is 6.34. The Hall–Kier alpha value is -2.15. The number of amides is 1. The topological polar surface area (TPSA) is 115 Å². The first-order chi connectivity index (χ1) is 9.53. The van der Waals surface area contributed by atoms with Gasteiger partial charge in [0, 0.05) is 31.5 Å². The van der Waals surface area contributed by atoms with Gasteiger partial charge in [-0.25, -0.2) is 4.98 Å². The number of anilines is 1. The molecular formula is C13H17N3O4. The van der Waals surface area contributed by atoms with E-state index in [-0.39, 0.29) is 6.54 Å². The van der Waals surface area contributed by atoms with Gasteiger partial charge in [0.2, 0.25) is 5.91 Å². The molecule has 1 saturated heterocycles. The summed E-state index contributed by atoms with van der Waals surface area (Å²) in [6, 6.07) is 3.02. The number of nitrogens with one attached hydrogen (secondary N) is 1. The summed E-state index contributed by atoms with van der Waals surface area (Å²) >= 11 is 0. The van der Waals surface area contributed by atoms with Gasteiger partial charge in [-0.15, -0.1) is 0 Å². The number of carbonyl (C=O) groups is 2. The lowest BCUT2D eigenvalue weighted by Crippen LogP contribution is -2.42. The highest BCUT2D eigenvalue weighted by atomic mass is 16.5. The van der Waals surface area contributed by atoms with Gasteiger partial charge in [-0.3, -0.25) is 9.59 Å². The Morgan fingerprint density at radius 3 is 2.75 bits per heavy atom. The van der Waals surface area contributed by atoms with Crippen molar-refractivity contribution in [2.75, 3.05) is 25.1 Å². The van der Waals surface area contributed by atoms with Crippen LogP contribution in [0.25, 0.3) is 0 Å². The monoisotopic (exact) mass is 279 g/mol. The smallest absolute Gasteiger partial charge is 0.311 e. The average Bonchev–Trinajstić information content (AvgIpc) is 2.46. The first-order valence-electron chi connectivity index (χ1n) is 6.34. The van der Waals surface area contributed by atoms with Crippen LogP contribution >= 0.6 is 0 Å². The molecule has 0 saturated carbocycles. The Morgan fingerprint density at radius 2 is 2.15 bits per heavy atom. The van der Waals surface area contributed by atoms with E-state index < -0.39 is 17.3 Å². The van der Waals surface area contributed by atoms with Gasteiger partial charge < -0.3 is 20.9 Å². The van der Waals surface area contributed by atoms with E-state index >= 15 is 0 Å². The van der Waals surface area contributed by atoms with Gasteiger partial charge in [0.1, 0.15) is 5.82 Å². The number of nitrogens with two attached hydrogens (primary N) is 1. The molecule has 2 rings (SSSR count). The molecule has 1 aromatic heterocycles. The van der Waals surface area contributed by atoms with Crippen molar-refractivity contribution in [3.63, 3.8) is 0 Å². The van der Waals surface area contributed by atoms with Crippen molar-refractivity contribution in [2.24, 2.45) is 11.1 Å². The van der Waals surface area contributed by atoms with Gasteiger partial charge >= 0.3 is 5.97 Å². The van der Waals surface area contributed by atoms with Gasteiger partial charge in [0.05, 0.1) is 5.41 Å². The van der Waals surface area contributed by atoms with Crippen LogP contribution in [-0.2, 0) is 9.53 Å². The molecule has 7 nitrogen and oxygen atoms in total. The number of carboxylic acid groups (broad SMARTS) is 1. The molecule has 1 amide bonds. The first kappa shape index (κ1) is 14.3. The normalized spacial score (nSPS) is 17.4. The molecule has 108 valence electrons. The molecule has 0 aromatic carbocycles. The van der Waals surface area contributed by atoms with Crippen molar-refractivity contribution in [3.8, 4) is 0 Å². The van der Waals surface area contributed by atoms with E-state index in [4.69, 9.17) is 10.5 Å². The molecule has 0 atom stereocenters. The molecule has 0 spiro atoms. The Kier molecular flexibility index (Phi) is 4.19. The molecule has 0 aliphatic carbocycles. The van der Waals surface area contributed by atoms with Crippen LogP contribution in [0.2, 0.25) is 0 Å². The van der Waals surface area contributed by atoms with Crippen molar-refractivity contribution in [3.05, 3.63) is 23.9 Å². The zero-order valence-electron chi connectivity index (χ0n) is 11.0. The molecule has 1 aromatic rings. The quantitative estimate of drug-likeness (QED) is 0.722. The SMILES string of the molecule is NC(=O)c1ccnc(NCC2(C(=O)O)CCOCC2)c1. The van der Waals surface area contributed by atoms with Gasteiger partial charge in [-0.1, -0.05) is 0 Å². The zero-order chi connectivity index (χ0) is 14.6. The fraction of sp³-hybridized carbons (Fsp3) is 0.462. The van der Waals surface area contributed by atoms with Crippen LogP contribution in [-0.4, -0.2) is 41.7 Å². The number of carboxylic acids is 1. The fourth-order valence-corrected chi connectivity index (χ4v) is 2.17. The van der Waals surface area contributed by atoms with Crippen molar-refractivity contribution < 1.29 is 19.4 Å². The Balaban J connectivity index is 2.08. The van der Waals surface area contributed by atoms with Crippen molar-refractivity contribution >= 4 is 17.7 Å². The highest BCUT2D eigenvalue weighted by Crippen LogP contribution is 2.31. The van der Waals surface area contributed by atoms with Crippen LogP contribution in [0.4, 0.5) is 5.82 Å². The van der Waals surface area contributed by atoms with E-state index in [0.717, 1.165) is 0 Å². The maximum atomic E-state index is 11.5. The zero-order valence-corrected chi connectivity index (χ0v) is 11.0. The second-order valence-electron chi connectivity index (χ2n) is 4.85. The molecule has 1 fully saturated rings. The van der Waals surface area contributed by atoms with E-state index in [1.807, 2.05) is 0 Å².